The van der Waals surface area contributed by atoms with E-state index in [2.05, 4.69) is 31.2 Å². The van der Waals surface area contributed by atoms with Gasteiger partial charge in [-0.1, -0.05) is 34.1 Å². The van der Waals surface area contributed by atoms with E-state index in [1.54, 1.807) is 0 Å². The summed E-state index contributed by atoms with van der Waals surface area (Å²) in [5.41, 5.74) is 3.61. The molecule has 0 unspecified atom stereocenters. The third-order valence-corrected chi connectivity index (χ3v) is 4.14. The Morgan fingerprint density at radius 3 is 2.67 bits per heavy atom. The van der Waals surface area contributed by atoms with Gasteiger partial charge >= 0.3 is 0 Å². The van der Waals surface area contributed by atoms with Crippen LogP contribution in [-0.2, 0) is 4.79 Å². The predicted octanol–water partition coefficient (Wildman–Crippen LogP) is 4.03. The van der Waals surface area contributed by atoms with Crippen LogP contribution in [0.5, 0.6) is 5.88 Å². The summed E-state index contributed by atoms with van der Waals surface area (Å²) in [5.74, 6) is 0.159. The normalized spacial score (nSPS) is 10.6. The SMILES string of the molecule is Cc1cccc(C)c1NC(=O)COc1ncnc2ccc(Br)cc12. The maximum atomic E-state index is 12.2. The highest BCUT2D eigenvalue weighted by Crippen LogP contribution is 2.25. The lowest BCUT2D eigenvalue weighted by Gasteiger charge is -2.12. The number of anilines is 1. The van der Waals surface area contributed by atoms with Crippen LogP contribution in [0, 0.1) is 13.8 Å². The molecule has 122 valence electrons. The van der Waals surface area contributed by atoms with Crippen LogP contribution in [0.2, 0.25) is 0 Å². The fourth-order valence-corrected chi connectivity index (χ4v) is 2.80. The van der Waals surface area contributed by atoms with Gasteiger partial charge in [-0.05, 0) is 43.2 Å². The van der Waals surface area contributed by atoms with Crippen molar-refractivity contribution in [2.24, 2.45) is 0 Å². The molecule has 24 heavy (non-hydrogen) atoms. The highest BCUT2D eigenvalue weighted by atomic mass is 79.9. The number of nitrogens with one attached hydrogen (secondary N) is 1. The molecule has 0 spiro atoms. The molecule has 0 atom stereocenters. The van der Waals surface area contributed by atoms with Crippen molar-refractivity contribution in [1.82, 2.24) is 9.97 Å². The fraction of sp³-hybridized carbons (Fsp3) is 0.167. The van der Waals surface area contributed by atoms with E-state index in [1.807, 2.05) is 50.2 Å². The van der Waals surface area contributed by atoms with Crippen molar-refractivity contribution in [3.05, 3.63) is 58.3 Å². The van der Waals surface area contributed by atoms with Crippen molar-refractivity contribution in [1.29, 1.82) is 0 Å². The number of hydrogen-bond acceptors (Lipinski definition) is 4. The first-order valence-electron chi connectivity index (χ1n) is 7.44. The minimum absolute atomic E-state index is 0.119. The Kier molecular flexibility index (Phi) is 4.76. The van der Waals surface area contributed by atoms with E-state index in [-0.39, 0.29) is 12.5 Å². The van der Waals surface area contributed by atoms with Crippen molar-refractivity contribution in [2.45, 2.75) is 13.8 Å². The third-order valence-electron chi connectivity index (χ3n) is 3.65. The number of aromatic nitrogens is 2. The molecule has 3 aromatic rings. The topological polar surface area (TPSA) is 64.1 Å². The molecular weight excluding hydrogens is 370 g/mol. The van der Waals surface area contributed by atoms with Crippen LogP contribution >= 0.6 is 15.9 Å². The minimum atomic E-state index is -0.228. The Morgan fingerprint density at radius 2 is 1.92 bits per heavy atom. The van der Waals surface area contributed by atoms with Crippen molar-refractivity contribution < 1.29 is 9.53 Å². The van der Waals surface area contributed by atoms with Gasteiger partial charge in [-0.25, -0.2) is 9.97 Å². The van der Waals surface area contributed by atoms with Gasteiger partial charge in [0.15, 0.2) is 6.61 Å². The maximum absolute atomic E-state index is 12.2. The van der Waals surface area contributed by atoms with E-state index in [0.29, 0.717) is 5.88 Å². The smallest absolute Gasteiger partial charge is 0.262 e. The number of halogens is 1. The standard InChI is InChI=1S/C18H16BrN3O2/c1-11-4-3-5-12(2)17(11)22-16(23)9-24-18-14-8-13(19)6-7-15(14)20-10-21-18/h3-8,10H,9H2,1-2H3,(H,22,23). The Morgan fingerprint density at radius 1 is 1.17 bits per heavy atom. The zero-order valence-electron chi connectivity index (χ0n) is 13.3. The molecule has 3 rings (SSSR count). The maximum Gasteiger partial charge on any atom is 0.262 e. The quantitative estimate of drug-likeness (QED) is 0.736. The first kappa shape index (κ1) is 16.4. The number of carbonyl (C=O) groups excluding carboxylic acids is 1. The Bertz CT molecular complexity index is 892. The largest absolute Gasteiger partial charge is 0.467 e. The second kappa shape index (κ2) is 6.97. The van der Waals surface area contributed by atoms with Gasteiger partial charge in [0.2, 0.25) is 5.88 Å². The average molecular weight is 386 g/mol. The number of nitrogens with zero attached hydrogens (tertiary/aromatic N) is 2. The van der Waals surface area contributed by atoms with E-state index in [1.165, 1.54) is 6.33 Å². The van der Waals surface area contributed by atoms with Gasteiger partial charge in [0.05, 0.1) is 10.9 Å². The van der Waals surface area contributed by atoms with Gasteiger partial charge in [0.25, 0.3) is 5.91 Å². The summed E-state index contributed by atoms with van der Waals surface area (Å²) in [6.45, 7) is 3.80. The summed E-state index contributed by atoms with van der Waals surface area (Å²) < 4.78 is 6.50. The Labute approximate surface area is 148 Å². The van der Waals surface area contributed by atoms with Gasteiger partial charge in [-0.15, -0.1) is 0 Å². The molecule has 0 saturated heterocycles. The van der Waals surface area contributed by atoms with Gasteiger partial charge < -0.3 is 10.1 Å². The lowest BCUT2D eigenvalue weighted by molar-refractivity contribution is -0.118. The third kappa shape index (κ3) is 3.54. The molecule has 1 heterocycles. The van der Waals surface area contributed by atoms with E-state index >= 15 is 0 Å². The van der Waals surface area contributed by atoms with Crippen LogP contribution in [0.4, 0.5) is 5.69 Å². The highest BCUT2D eigenvalue weighted by Gasteiger charge is 2.10. The van der Waals surface area contributed by atoms with Crippen molar-refractivity contribution in [3.63, 3.8) is 0 Å². The summed E-state index contributed by atoms with van der Waals surface area (Å²) in [6, 6.07) is 11.5. The number of amides is 1. The first-order chi connectivity index (χ1) is 11.5. The lowest BCUT2D eigenvalue weighted by atomic mass is 10.1. The van der Waals surface area contributed by atoms with E-state index < -0.39 is 0 Å². The summed E-state index contributed by atoms with van der Waals surface area (Å²) in [4.78, 5) is 20.5. The molecule has 6 heteroatoms. The van der Waals surface area contributed by atoms with E-state index in [9.17, 15) is 4.79 Å². The van der Waals surface area contributed by atoms with Crippen molar-refractivity contribution in [3.8, 4) is 5.88 Å². The molecular formula is C18H16BrN3O2. The number of fused-ring (bicyclic) bond motifs is 1. The zero-order valence-corrected chi connectivity index (χ0v) is 14.9. The van der Waals surface area contributed by atoms with Crippen LogP contribution in [0.3, 0.4) is 0 Å². The minimum Gasteiger partial charge on any atom is -0.467 e. The predicted molar refractivity (Wildman–Crippen MR) is 97.3 cm³/mol. The lowest BCUT2D eigenvalue weighted by Crippen LogP contribution is -2.21. The first-order valence-corrected chi connectivity index (χ1v) is 8.23. The second-order valence-electron chi connectivity index (χ2n) is 5.44. The van der Waals surface area contributed by atoms with E-state index in [0.717, 1.165) is 32.2 Å². The molecule has 0 radical (unpaired) electrons. The number of ether oxygens (including phenoxy) is 1. The molecule has 0 aliphatic heterocycles. The number of rotatable bonds is 4. The molecule has 1 N–H and O–H groups in total. The molecule has 0 aliphatic rings. The average Bonchev–Trinajstić information content (AvgIpc) is 2.56. The number of aryl methyl sites for hydroxylation is 2. The van der Waals surface area contributed by atoms with Gasteiger partial charge in [0, 0.05) is 10.2 Å². The summed E-state index contributed by atoms with van der Waals surface area (Å²) in [7, 11) is 0. The summed E-state index contributed by atoms with van der Waals surface area (Å²) in [5, 5.41) is 3.65. The number of carbonyl (C=O) groups is 1. The summed E-state index contributed by atoms with van der Waals surface area (Å²) in [6.07, 6.45) is 1.43. The van der Waals surface area contributed by atoms with Crippen LogP contribution in [-0.4, -0.2) is 22.5 Å². The highest BCUT2D eigenvalue weighted by molar-refractivity contribution is 9.10. The van der Waals surface area contributed by atoms with Gasteiger partial charge in [0.1, 0.15) is 6.33 Å². The number of para-hydroxylation sites is 1. The number of benzene rings is 2. The molecule has 0 fully saturated rings. The molecule has 0 saturated carbocycles. The summed E-state index contributed by atoms with van der Waals surface area (Å²) >= 11 is 3.42. The van der Waals surface area contributed by atoms with Gasteiger partial charge in [-0.2, -0.15) is 0 Å². The molecule has 0 aliphatic carbocycles. The Hall–Kier alpha value is -2.47. The van der Waals surface area contributed by atoms with Crippen LogP contribution in [0.25, 0.3) is 10.9 Å². The monoisotopic (exact) mass is 385 g/mol. The second-order valence-corrected chi connectivity index (χ2v) is 6.36. The molecule has 1 amide bonds. The number of hydrogen-bond donors (Lipinski definition) is 1. The Balaban J connectivity index is 1.74. The molecule has 0 bridgehead atoms. The molecule has 5 nitrogen and oxygen atoms in total. The van der Waals surface area contributed by atoms with Crippen LogP contribution < -0.4 is 10.1 Å². The molecule has 1 aromatic heterocycles. The zero-order chi connectivity index (χ0) is 17.1. The van der Waals surface area contributed by atoms with Crippen molar-refractivity contribution in [2.75, 3.05) is 11.9 Å². The van der Waals surface area contributed by atoms with Gasteiger partial charge in [-0.3, -0.25) is 4.79 Å². The van der Waals surface area contributed by atoms with E-state index in [4.69, 9.17) is 4.74 Å². The van der Waals surface area contributed by atoms with Crippen LogP contribution in [0.15, 0.2) is 47.2 Å². The van der Waals surface area contributed by atoms with Crippen LogP contribution in [0.1, 0.15) is 11.1 Å². The fourth-order valence-electron chi connectivity index (χ4n) is 2.44. The molecule has 2 aromatic carbocycles. The van der Waals surface area contributed by atoms with Crippen molar-refractivity contribution >= 4 is 38.4 Å².